The maximum Gasteiger partial charge on any atom is 0.223 e. The Morgan fingerprint density at radius 2 is 1.78 bits per heavy atom. The normalized spacial score (nSPS) is 9.94. The second-order valence-corrected chi connectivity index (χ2v) is 4.20. The summed E-state index contributed by atoms with van der Waals surface area (Å²) in [5, 5.41) is 11.0. The fourth-order valence-electron chi connectivity index (χ4n) is 1.35. The quantitative estimate of drug-likeness (QED) is 0.651. The molecular weight excluding hydrogens is 232 g/mol. The standard InChI is InChI=1S/C12H22N4O2/c1-14-11(17)5-9-15(2)10-6-12(18)16(3)8-4-7-13/h4-6,8-10H2,1-3H3,(H,14,17). The Hall–Kier alpha value is -1.61. The van der Waals surface area contributed by atoms with Crippen LogP contribution in [0.15, 0.2) is 0 Å². The highest BCUT2D eigenvalue weighted by Gasteiger charge is 2.10. The summed E-state index contributed by atoms with van der Waals surface area (Å²) >= 11 is 0. The highest BCUT2D eigenvalue weighted by Crippen LogP contribution is 1.96. The van der Waals surface area contributed by atoms with Crippen molar-refractivity contribution in [2.24, 2.45) is 0 Å². The molecule has 0 aromatic carbocycles. The van der Waals surface area contributed by atoms with Gasteiger partial charge in [0.25, 0.3) is 0 Å². The smallest absolute Gasteiger partial charge is 0.223 e. The van der Waals surface area contributed by atoms with E-state index in [-0.39, 0.29) is 11.8 Å². The van der Waals surface area contributed by atoms with Crippen LogP contribution < -0.4 is 5.32 Å². The number of carbonyl (C=O) groups is 2. The van der Waals surface area contributed by atoms with Gasteiger partial charge in [-0.3, -0.25) is 9.59 Å². The summed E-state index contributed by atoms with van der Waals surface area (Å²) in [6, 6.07) is 2.01. The average molecular weight is 254 g/mol. The minimum absolute atomic E-state index is 0.000634. The molecule has 0 saturated carbocycles. The van der Waals surface area contributed by atoms with Crippen molar-refractivity contribution in [1.29, 1.82) is 5.26 Å². The lowest BCUT2D eigenvalue weighted by Crippen LogP contribution is -2.32. The minimum Gasteiger partial charge on any atom is -0.359 e. The molecule has 0 unspecified atom stereocenters. The largest absolute Gasteiger partial charge is 0.359 e. The summed E-state index contributed by atoms with van der Waals surface area (Å²) in [6.07, 6.45) is 1.20. The molecule has 18 heavy (non-hydrogen) atoms. The molecule has 0 aliphatic rings. The van der Waals surface area contributed by atoms with Gasteiger partial charge in [0.15, 0.2) is 0 Å². The zero-order chi connectivity index (χ0) is 14.0. The molecule has 0 aromatic heterocycles. The van der Waals surface area contributed by atoms with E-state index in [9.17, 15) is 9.59 Å². The second kappa shape index (κ2) is 9.42. The van der Waals surface area contributed by atoms with Gasteiger partial charge in [-0.25, -0.2) is 0 Å². The number of hydrogen-bond acceptors (Lipinski definition) is 4. The Balaban J connectivity index is 3.77. The third-order valence-corrected chi connectivity index (χ3v) is 2.69. The van der Waals surface area contributed by atoms with Gasteiger partial charge in [-0.2, -0.15) is 5.26 Å². The zero-order valence-electron chi connectivity index (χ0n) is 11.4. The van der Waals surface area contributed by atoms with E-state index >= 15 is 0 Å². The molecular formula is C12H22N4O2. The van der Waals surface area contributed by atoms with Crippen LogP contribution in [-0.4, -0.2) is 62.4 Å². The molecule has 0 aromatic rings. The number of nitrogens with zero attached hydrogens (tertiary/aromatic N) is 3. The Bertz CT molecular complexity index is 312. The lowest BCUT2D eigenvalue weighted by atomic mass is 10.3. The molecule has 0 aliphatic heterocycles. The third kappa shape index (κ3) is 7.63. The monoisotopic (exact) mass is 254 g/mol. The summed E-state index contributed by atoms with van der Waals surface area (Å²) in [5.74, 6) is 0.0244. The van der Waals surface area contributed by atoms with Gasteiger partial charge in [0.2, 0.25) is 11.8 Å². The van der Waals surface area contributed by atoms with Crippen LogP contribution in [0.25, 0.3) is 0 Å². The summed E-state index contributed by atoms with van der Waals surface area (Å²) < 4.78 is 0. The predicted molar refractivity (Wildman–Crippen MR) is 68.7 cm³/mol. The van der Waals surface area contributed by atoms with Crippen LogP contribution in [0.3, 0.4) is 0 Å². The molecule has 1 N–H and O–H groups in total. The fraction of sp³-hybridized carbons (Fsp3) is 0.750. The second-order valence-electron chi connectivity index (χ2n) is 4.20. The van der Waals surface area contributed by atoms with Crippen molar-refractivity contribution in [2.75, 3.05) is 40.8 Å². The molecule has 0 heterocycles. The number of hydrogen-bond donors (Lipinski definition) is 1. The van der Waals surface area contributed by atoms with Crippen LogP contribution in [0.1, 0.15) is 19.3 Å². The van der Waals surface area contributed by atoms with E-state index < -0.39 is 0 Å². The highest BCUT2D eigenvalue weighted by atomic mass is 16.2. The molecule has 0 saturated heterocycles. The molecule has 6 nitrogen and oxygen atoms in total. The maximum absolute atomic E-state index is 11.7. The predicted octanol–water partition coefficient (Wildman–Crippen LogP) is -0.184. The number of nitrogens with one attached hydrogen (secondary N) is 1. The zero-order valence-corrected chi connectivity index (χ0v) is 11.4. The number of amides is 2. The lowest BCUT2D eigenvalue weighted by Gasteiger charge is -2.19. The molecule has 102 valence electrons. The van der Waals surface area contributed by atoms with E-state index in [1.807, 2.05) is 18.0 Å². The molecule has 0 bridgehead atoms. The molecule has 0 aliphatic carbocycles. The lowest BCUT2D eigenvalue weighted by molar-refractivity contribution is -0.130. The van der Waals surface area contributed by atoms with Crippen LogP contribution in [-0.2, 0) is 9.59 Å². The molecule has 0 radical (unpaired) electrons. The molecule has 0 fully saturated rings. The highest BCUT2D eigenvalue weighted by molar-refractivity contribution is 5.76. The van der Waals surface area contributed by atoms with E-state index in [1.165, 1.54) is 0 Å². The number of rotatable bonds is 8. The van der Waals surface area contributed by atoms with Crippen molar-refractivity contribution in [3.63, 3.8) is 0 Å². The van der Waals surface area contributed by atoms with Gasteiger partial charge in [-0.05, 0) is 7.05 Å². The van der Waals surface area contributed by atoms with Crippen molar-refractivity contribution < 1.29 is 9.59 Å². The molecule has 0 rings (SSSR count). The van der Waals surface area contributed by atoms with Gasteiger partial charge in [-0.15, -0.1) is 0 Å². The van der Waals surface area contributed by atoms with E-state index in [0.29, 0.717) is 38.9 Å². The van der Waals surface area contributed by atoms with Gasteiger partial charge in [0.05, 0.1) is 12.5 Å². The first kappa shape index (κ1) is 16.4. The van der Waals surface area contributed by atoms with Gasteiger partial charge >= 0.3 is 0 Å². The SMILES string of the molecule is CNC(=O)CCN(C)CCC(=O)N(C)CCC#N. The Morgan fingerprint density at radius 3 is 2.33 bits per heavy atom. The molecule has 2 amide bonds. The van der Waals surface area contributed by atoms with Crippen molar-refractivity contribution >= 4 is 11.8 Å². The van der Waals surface area contributed by atoms with Crippen LogP contribution in [0.4, 0.5) is 0 Å². The van der Waals surface area contributed by atoms with Crippen molar-refractivity contribution in [2.45, 2.75) is 19.3 Å². The maximum atomic E-state index is 11.7. The van der Waals surface area contributed by atoms with Crippen LogP contribution in [0.2, 0.25) is 0 Å². The Kier molecular flexibility index (Phi) is 8.58. The van der Waals surface area contributed by atoms with Crippen molar-refractivity contribution in [3.05, 3.63) is 0 Å². The van der Waals surface area contributed by atoms with Gasteiger partial charge in [0.1, 0.15) is 0 Å². The summed E-state index contributed by atoms with van der Waals surface area (Å²) in [7, 11) is 5.19. The number of carbonyl (C=O) groups excluding carboxylic acids is 2. The van der Waals surface area contributed by atoms with Crippen LogP contribution in [0, 0.1) is 11.3 Å². The summed E-state index contributed by atoms with van der Waals surface area (Å²) in [5.41, 5.74) is 0. The third-order valence-electron chi connectivity index (χ3n) is 2.69. The van der Waals surface area contributed by atoms with Gasteiger partial charge < -0.3 is 15.1 Å². The van der Waals surface area contributed by atoms with Crippen LogP contribution in [0.5, 0.6) is 0 Å². The average Bonchev–Trinajstić information content (AvgIpc) is 2.38. The first-order chi connectivity index (χ1) is 8.51. The van der Waals surface area contributed by atoms with Crippen LogP contribution >= 0.6 is 0 Å². The molecule has 0 spiro atoms. The van der Waals surface area contributed by atoms with E-state index in [4.69, 9.17) is 5.26 Å². The molecule has 0 atom stereocenters. The van der Waals surface area contributed by atoms with Crippen molar-refractivity contribution in [3.8, 4) is 6.07 Å². The summed E-state index contributed by atoms with van der Waals surface area (Å²) in [4.78, 5) is 26.2. The van der Waals surface area contributed by atoms with E-state index in [1.54, 1.807) is 19.0 Å². The first-order valence-electron chi connectivity index (χ1n) is 6.01. The van der Waals surface area contributed by atoms with Crippen molar-refractivity contribution in [1.82, 2.24) is 15.1 Å². The number of nitriles is 1. The van der Waals surface area contributed by atoms with Gasteiger partial charge in [0, 0.05) is 46.6 Å². The Morgan fingerprint density at radius 1 is 1.17 bits per heavy atom. The fourth-order valence-corrected chi connectivity index (χ4v) is 1.35. The minimum atomic E-state index is -0.000634. The summed E-state index contributed by atoms with van der Waals surface area (Å²) in [6.45, 7) is 1.72. The van der Waals surface area contributed by atoms with E-state index in [0.717, 1.165) is 0 Å². The molecule has 6 heteroatoms. The first-order valence-corrected chi connectivity index (χ1v) is 6.01. The topological polar surface area (TPSA) is 76.4 Å². The Labute approximate surface area is 109 Å². The van der Waals surface area contributed by atoms with Gasteiger partial charge in [-0.1, -0.05) is 0 Å². The van der Waals surface area contributed by atoms with E-state index in [2.05, 4.69) is 5.32 Å².